The topological polar surface area (TPSA) is 42.4 Å². The fourth-order valence-corrected chi connectivity index (χ4v) is 1.47. The van der Waals surface area contributed by atoms with Crippen LogP contribution in [0.3, 0.4) is 0 Å². The van der Waals surface area contributed by atoms with Crippen LogP contribution in [-0.2, 0) is 6.42 Å². The predicted molar refractivity (Wildman–Crippen MR) is 53.3 cm³/mol. The molecule has 0 amide bonds. The van der Waals surface area contributed by atoms with Crippen molar-refractivity contribution in [3.63, 3.8) is 0 Å². The van der Waals surface area contributed by atoms with E-state index in [1.165, 1.54) is 0 Å². The summed E-state index contributed by atoms with van der Waals surface area (Å²) < 4.78 is 5.10. The van der Waals surface area contributed by atoms with Gasteiger partial charge < -0.3 is 9.84 Å². The van der Waals surface area contributed by atoms with Crippen LogP contribution in [0.4, 0.5) is 0 Å². The SMILES string of the molecule is COc1ccnc(CCC2(O)CC2)c1. The Kier molecular flexibility index (Phi) is 2.42. The molecule has 0 spiro atoms. The van der Waals surface area contributed by atoms with Crippen molar-refractivity contribution in [2.75, 3.05) is 7.11 Å². The maximum absolute atomic E-state index is 9.66. The van der Waals surface area contributed by atoms with Gasteiger partial charge in [0.15, 0.2) is 0 Å². The molecule has 1 aliphatic rings. The summed E-state index contributed by atoms with van der Waals surface area (Å²) in [5.74, 6) is 0.831. The van der Waals surface area contributed by atoms with Gasteiger partial charge in [-0.2, -0.15) is 0 Å². The summed E-state index contributed by atoms with van der Waals surface area (Å²) in [4.78, 5) is 4.23. The van der Waals surface area contributed by atoms with E-state index in [1.807, 2.05) is 12.1 Å². The van der Waals surface area contributed by atoms with E-state index in [1.54, 1.807) is 13.3 Å². The number of aryl methyl sites for hydroxylation is 1. The number of nitrogens with zero attached hydrogens (tertiary/aromatic N) is 1. The number of ether oxygens (including phenoxy) is 1. The first-order valence-electron chi connectivity index (χ1n) is 4.93. The fraction of sp³-hybridized carbons (Fsp3) is 0.545. The average Bonchev–Trinajstić information content (AvgIpc) is 2.95. The van der Waals surface area contributed by atoms with Gasteiger partial charge in [0.25, 0.3) is 0 Å². The summed E-state index contributed by atoms with van der Waals surface area (Å²) in [5, 5.41) is 9.66. The number of aliphatic hydroxyl groups is 1. The Morgan fingerprint density at radius 2 is 2.36 bits per heavy atom. The van der Waals surface area contributed by atoms with Crippen molar-refractivity contribution in [2.45, 2.75) is 31.3 Å². The van der Waals surface area contributed by atoms with E-state index in [-0.39, 0.29) is 5.60 Å². The van der Waals surface area contributed by atoms with Crippen LogP contribution in [-0.4, -0.2) is 22.8 Å². The number of pyridine rings is 1. The molecule has 3 nitrogen and oxygen atoms in total. The van der Waals surface area contributed by atoms with Gasteiger partial charge in [0.1, 0.15) is 5.75 Å². The molecule has 1 aromatic rings. The molecule has 0 aliphatic heterocycles. The summed E-state index contributed by atoms with van der Waals surface area (Å²) >= 11 is 0. The molecule has 0 saturated heterocycles. The summed E-state index contributed by atoms with van der Waals surface area (Å²) in [6, 6.07) is 3.75. The third kappa shape index (κ3) is 2.23. The van der Waals surface area contributed by atoms with Crippen molar-refractivity contribution >= 4 is 0 Å². The number of hydrogen-bond acceptors (Lipinski definition) is 3. The van der Waals surface area contributed by atoms with Gasteiger partial charge in [-0.25, -0.2) is 0 Å². The second-order valence-corrected chi connectivity index (χ2v) is 3.91. The lowest BCUT2D eigenvalue weighted by Crippen LogP contribution is -2.08. The first kappa shape index (κ1) is 9.46. The van der Waals surface area contributed by atoms with Crippen LogP contribution in [0.15, 0.2) is 18.3 Å². The highest BCUT2D eigenvalue weighted by Gasteiger charge is 2.39. The molecule has 1 fully saturated rings. The molecule has 1 saturated carbocycles. The molecule has 14 heavy (non-hydrogen) atoms. The van der Waals surface area contributed by atoms with Crippen LogP contribution >= 0.6 is 0 Å². The van der Waals surface area contributed by atoms with Crippen molar-refractivity contribution in [1.82, 2.24) is 4.98 Å². The van der Waals surface area contributed by atoms with Gasteiger partial charge >= 0.3 is 0 Å². The molecule has 1 N–H and O–H groups in total. The van der Waals surface area contributed by atoms with Crippen LogP contribution in [0.1, 0.15) is 25.0 Å². The molecule has 1 heterocycles. The highest BCUT2D eigenvalue weighted by atomic mass is 16.5. The second kappa shape index (κ2) is 3.58. The monoisotopic (exact) mass is 193 g/mol. The van der Waals surface area contributed by atoms with Crippen molar-refractivity contribution in [2.24, 2.45) is 0 Å². The van der Waals surface area contributed by atoms with Crippen LogP contribution in [0.2, 0.25) is 0 Å². The minimum absolute atomic E-state index is 0.384. The molecule has 0 atom stereocenters. The predicted octanol–water partition coefficient (Wildman–Crippen LogP) is 1.55. The van der Waals surface area contributed by atoms with Crippen LogP contribution in [0.25, 0.3) is 0 Å². The van der Waals surface area contributed by atoms with Crippen molar-refractivity contribution in [3.05, 3.63) is 24.0 Å². The van der Waals surface area contributed by atoms with Gasteiger partial charge in [-0.1, -0.05) is 0 Å². The minimum Gasteiger partial charge on any atom is -0.497 e. The van der Waals surface area contributed by atoms with E-state index in [2.05, 4.69) is 4.98 Å². The molecular formula is C11H15NO2. The lowest BCUT2D eigenvalue weighted by atomic mass is 10.1. The zero-order valence-electron chi connectivity index (χ0n) is 8.36. The molecular weight excluding hydrogens is 178 g/mol. The average molecular weight is 193 g/mol. The van der Waals surface area contributed by atoms with Crippen molar-refractivity contribution in [3.8, 4) is 5.75 Å². The lowest BCUT2D eigenvalue weighted by Gasteiger charge is -2.07. The van der Waals surface area contributed by atoms with Crippen molar-refractivity contribution < 1.29 is 9.84 Å². The van der Waals surface area contributed by atoms with E-state index in [9.17, 15) is 5.11 Å². The maximum atomic E-state index is 9.66. The quantitative estimate of drug-likeness (QED) is 0.788. The smallest absolute Gasteiger partial charge is 0.122 e. The molecule has 0 radical (unpaired) electrons. The minimum atomic E-state index is -0.384. The number of methoxy groups -OCH3 is 1. The van der Waals surface area contributed by atoms with Crippen LogP contribution in [0.5, 0.6) is 5.75 Å². The van der Waals surface area contributed by atoms with Gasteiger partial charge in [0, 0.05) is 18.0 Å². The highest BCUT2D eigenvalue weighted by Crippen LogP contribution is 2.39. The lowest BCUT2D eigenvalue weighted by molar-refractivity contribution is 0.140. The van der Waals surface area contributed by atoms with E-state index in [4.69, 9.17) is 4.74 Å². The molecule has 1 aliphatic carbocycles. The first-order valence-corrected chi connectivity index (χ1v) is 4.93. The molecule has 76 valence electrons. The highest BCUT2D eigenvalue weighted by molar-refractivity contribution is 5.22. The third-order valence-electron chi connectivity index (χ3n) is 2.70. The Morgan fingerprint density at radius 1 is 1.57 bits per heavy atom. The van der Waals surface area contributed by atoms with Crippen molar-refractivity contribution in [1.29, 1.82) is 0 Å². The van der Waals surface area contributed by atoms with Crippen LogP contribution < -0.4 is 4.74 Å². The Hall–Kier alpha value is -1.09. The number of aromatic nitrogens is 1. The van der Waals surface area contributed by atoms with E-state index in [0.29, 0.717) is 0 Å². The largest absolute Gasteiger partial charge is 0.497 e. The molecule has 1 aromatic heterocycles. The molecule has 0 bridgehead atoms. The Balaban J connectivity index is 1.94. The van der Waals surface area contributed by atoms with Gasteiger partial charge in [-0.05, 0) is 31.7 Å². The van der Waals surface area contributed by atoms with Gasteiger partial charge in [0.05, 0.1) is 12.7 Å². The zero-order valence-corrected chi connectivity index (χ0v) is 8.36. The van der Waals surface area contributed by atoms with E-state index >= 15 is 0 Å². The Labute approximate surface area is 83.7 Å². The van der Waals surface area contributed by atoms with Gasteiger partial charge in [0.2, 0.25) is 0 Å². The van der Waals surface area contributed by atoms with Gasteiger partial charge in [-0.15, -0.1) is 0 Å². The number of hydrogen-bond donors (Lipinski definition) is 1. The molecule has 3 heteroatoms. The summed E-state index contributed by atoms with van der Waals surface area (Å²) in [6.45, 7) is 0. The van der Waals surface area contributed by atoms with E-state index in [0.717, 1.165) is 37.1 Å². The molecule has 0 unspecified atom stereocenters. The standard InChI is InChI=1S/C11H15NO2/c1-14-10-3-7-12-9(8-10)2-4-11(13)5-6-11/h3,7-8,13H,2,4-6H2,1H3. The van der Waals surface area contributed by atoms with Crippen LogP contribution in [0, 0.1) is 0 Å². The molecule has 2 rings (SSSR count). The summed E-state index contributed by atoms with van der Waals surface area (Å²) in [7, 11) is 1.65. The Bertz CT molecular complexity index is 321. The maximum Gasteiger partial charge on any atom is 0.122 e. The normalized spacial score (nSPS) is 17.9. The Morgan fingerprint density at radius 3 is 3.00 bits per heavy atom. The fourth-order valence-electron chi connectivity index (χ4n) is 1.47. The molecule has 0 aromatic carbocycles. The summed E-state index contributed by atoms with van der Waals surface area (Å²) in [5.41, 5.74) is 0.606. The summed E-state index contributed by atoms with van der Waals surface area (Å²) in [6.07, 6.45) is 5.26. The third-order valence-corrected chi connectivity index (χ3v) is 2.70. The second-order valence-electron chi connectivity index (χ2n) is 3.91. The van der Waals surface area contributed by atoms with E-state index < -0.39 is 0 Å². The zero-order chi connectivity index (χ0) is 10.0. The van der Waals surface area contributed by atoms with Gasteiger partial charge in [-0.3, -0.25) is 4.98 Å². The first-order chi connectivity index (χ1) is 6.72. The number of rotatable bonds is 4.